The lowest BCUT2D eigenvalue weighted by atomic mass is 10.2. The Bertz CT molecular complexity index is 201. The molecule has 0 rings (SSSR count). The Kier molecular flexibility index (Phi) is 5.12. The molecule has 1 unspecified atom stereocenters. The van der Waals surface area contributed by atoms with Gasteiger partial charge in [0, 0.05) is 6.54 Å². The van der Waals surface area contributed by atoms with Gasteiger partial charge in [-0.25, -0.2) is 4.79 Å². The molecular formula is C9H16FNO3. The van der Waals surface area contributed by atoms with Crippen LogP contribution >= 0.6 is 0 Å². The predicted octanol–water partition coefficient (Wildman–Crippen LogP) is 1.30. The fourth-order valence-corrected chi connectivity index (χ4v) is 0.668. The van der Waals surface area contributed by atoms with Gasteiger partial charge in [-0.3, -0.25) is 4.39 Å². The van der Waals surface area contributed by atoms with Crippen LogP contribution in [0.2, 0.25) is 0 Å². The van der Waals surface area contributed by atoms with Gasteiger partial charge >= 0.3 is 6.09 Å². The standard InChI is InChI=1S/C9H16FNO3/c1-9(2,3)14-8(13)11-5-7(4-10)6-12/h6-7H,4-5H2,1-3H3,(H,11,13). The summed E-state index contributed by atoms with van der Waals surface area (Å²) in [7, 11) is 0. The van der Waals surface area contributed by atoms with E-state index in [1.807, 2.05) is 0 Å². The van der Waals surface area contributed by atoms with E-state index in [-0.39, 0.29) is 6.54 Å². The summed E-state index contributed by atoms with van der Waals surface area (Å²) in [6.45, 7) is 4.35. The minimum absolute atomic E-state index is 0.0328. The molecule has 0 fully saturated rings. The molecule has 0 saturated heterocycles. The zero-order valence-corrected chi connectivity index (χ0v) is 8.67. The van der Waals surface area contributed by atoms with Crippen LogP contribution in [0.25, 0.3) is 0 Å². The Morgan fingerprint density at radius 1 is 1.57 bits per heavy atom. The quantitative estimate of drug-likeness (QED) is 0.704. The second-order valence-corrected chi connectivity index (χ2v) is 3.93. The number of halogens is 1. The molecule has 0 radical (unpaired) electrons. The molecule has 82 valence electrons. The van der Waals surface area contributed by atoms with Crippen molar-refractivity contribution in [2.45, 2.75) is 26.4 Å². The molecule has 1 N–H and O–H groups in total. The smallest absolute Gasteiger partial charge is 0.407 e. The van der Waals surface area contributed by atoms with E-state index >= 15 is 0 Å². The van der Waals surface area contributed by atoms with Gasteiger partial charge < -0.3 is 14.8 Å². The van der Waals surface area contributed by atoms with E-state index in [1.165, 1.54) is 0 Å². The van der Waals surface area contributed by atoms with E-state index in [0.29, 0.717) is 6.29 Å². The molecule has 14 heavy (non-hydrogen) atoms. The van der Waals surface area contributed by atoms with Crippen molar-refractivity contribution in [1.29, 1.82) is 0 Å². The number of carbonyl (C=O) groups excluding carboxylic acids is 2. The summed E-state index contributed by atoms with van der Waals surface area (Å²) in [4.78, 5) is 21.2. The number of ether oxygens (including phenoxy) is 1. The summed E-state index contributed by atoms with van der Waals surface area (Å²) in [5.74, 6) is -0.789. The van der Waals surface area contributed by atoms with Crippen molar-refractivity contribution < 1.29 is 18.7 Å². The Morgan fingerprint density at radius 3 is 2.50 bits per heavy atom. The highest BCUT2D eigenvalue weighted by Crippen LogP contribution is 2.06. The molecule has 5 heteroatoms. The number of hydrogen-bond donors (Lipinski definition) is 1. The minimum atomic E-state index is -0.789. The van der Waals surface area contributed by atoms with E-state index in [9.17, 15) is 14.0 Å². The molecule has 0 aliphatic rings. The molecule has 0 spiro atoms. The largest absolute Gasteiger partial charge is 0.444 e. The van der Waals surface area contributed by atoms with E-state index in [2.05, 4.69) is 5.32 Å². The average Bonchev–Trinajstić information content (AvgIpc) is 2.03. The summed E-state index contributed by atoms with van der Waals surface area (Å²) in [6, 6.07) is 0. The highest BCUT2D eigenvalue weighted by molar-refractivity contribution is 5.68. The number of nitrogens with one attached hydrogen (secondary N) is 1. The predicted molar refractivity (Wildman–Crippen MR) is 49.8 cm³/mol. The zero-order valence-electron chi connectivity index (χ0n) is 8.67. The van der Waals surface area contributed by atoms with Crippen LogP contribution in [0.5, 0.6) is 0 Å². The summed E-state index contributed by atoms with van der Waals surface area (Å²) in [6.07, 6.45) is -0.171. The highest BCUT2D eigenvalue weighted by atomic mass is 19.1. The lowest BCUT2D eigenvalue weighted by Gasteiger charge is -2.20. The van der Waals surface area contributed by atoms with Gasteiger partial charge in [0.2, 0.25) is 0 Å². The second-order valence-electron chi connectivity index (χ2n) is 3.93. The van der Waals surface area contributed by atoms with Crippen molar-refractivity contribution in [3.63, 3.8) is 0 Å². The molecule has 0 aliphatic carbocycles. The number of alkyl halides is 1. The van der Waals surface area contributed by atoms with Gasteiger partial charge in [-0.1, -0.05) is 0 Å². The summed E-state index contributed by atoms with van der Waals surface area (Å²) in [5.41, 5.74) is -0.587. The Labute approximate surface area is 82.8 Å². The lowest BCUT2D eigenvalue weighted by molar-refractivity contribution is -0.111. The van der Waals surface area contributed by atoms with Crippen LogP contribution in [0.4, 0.5) is 9.18 Å². The first-order valence-corrected chi connectivity index (χ1v) is 4.37. The maximum Gasteiger partial charge on any atom is 0.407 e. The van der Waals surface area contributed by atoms with Crippen LogP contribution in [0.3, 0.4) is 0 Å². The monoisotopic (exact) mass is 205 g/mol. The summed E-state index contributed by atoms with van der Waals surface area (Å²) >= 11 is 0. The zero-order chi connectivity index (χ0) is 11.2. The fraction of sp³-hybridized carbons (Fsp3) is 0.778. The number of rotatable bonds is 4. The summed E-state index contributed by atoms with van der Waals surface area (Å²) < 4.78 is 16.9. The van der Waals surface area contributed by atoms with Crippen molar-refractivity contribution in [3.05, 3.63) is 0 Å². The van der Waals surface area contributed by atoms with Gasteiger partial charge in [0.1, 0.15) is 18.6 Å². The van der Waals surface area contributed by atoms with Gasteiger partial charge in [-0.15, -0.1) is 0 Å². The third kappa shape index (κ3) is 6.39. The van der Waals surface area contributed by atoms with Gasteiger partial charge in [-0.05, 0) is 20.8 Å². The van der Waals surface area contributed by atoms with Gasteiger partial charge in [0.15, 0.2) is 0 Å². The Morgan fingerprint density at radius 2 is 2.14 bits per heavy atom. The first kappa shape index (κ1) is 12.9. The van der Waals surface area contributed by atoms with Crippen molar-refractivity contribution >= 4 is 12.4 Å². The molecule has 0 aromatic carbocycles. The first-order chi connectivity index (χ1) is 6.39. The first-order valence-electron chi connectivity index (χ1n) is 4.37. The van der Waals surface area contributed by atoms with Gasteiger partial charge in [0.05, 0.1) is 5.92 Å². The third-order valence-electron chi connectivity index (χ3n) is 1.30. The van der Waals surface area contributed by atoms with Crippen LogP contribution in [0, 0.1) is 5.92 Å². The van der Waals surface area contributed by atoms with Crippen molar-refractivity contribution in [2.75, 3.05) is 13.2 Å². The van der Waals surface area contributed by atoms with Crippen molar-refractivity contribution in [1.82, 2.24) is 5.32 Å². The molecule has 1 atom stereocenters. The molecular weight excluding hydrogens is 189 g/mol. The molecule has 0 aromatic rings. The fourth-order valence-electron chi connectivity index (χ4n) is 0.668. The number of aldehydes is 1. The van der Waals surface area contributed by atoms with Gasteiger partial charge in [-0.2, -0.15) is 0 Å². The average molecular weight is 205 g/mol. The van der Waals surface area contributed by atoms with E-state index in [1.54, 1.807) is 20.8 Å². The van der Waals surface area contributed by atoms with Crippen LogP contribution < -0.4 is 5.32 Å². The van der Waals surface area contributed by atoms with Crippen LogP contribution in [0.1, 0.15) is 20.8 Å². The van der Waals surface area contributed by atoms with Crippen molar-refractivity contribution in [3.8, 4) is 0 Å². The van der Waals surface area contributed by atoms with Gasteiger partial charge in [0.25, 0.3) is 0 Å². The maximum atomic E-state index is 12.0. The third-order valence-corrected chi connectivity index (χ3v) is 1.30. The summed E-state index contributed by atoms with van der Waals surface area (Å²) in [5, 5.41) is 2.31. The molecule has 0 bridgehead atoms. The Balaban J connectivity index is 3.79. The second kappa shape index (κ2) is 5.57. The minimum Gasteiger partial charge on any atom is -0.444 e. The number of carbonyl (C=O) groups is 2. The van der Waals surface area contributed by atoms with E-state index < -0.39 is 24.3 Å². The van der Waals surface area contributed by atoms with Crippen molar-refractivity contribution in [2.24, 2.45) is 5.92 Å². The molecule has 0 saturated carbocycles. The highest BCUT2D eigenvalue weighted by Gasteiger charge is 2.17. The van der Waals surface area contributed by atoms with E-state index in [4.69, 9.17) is 4.74 Å². The maximum absolute atomic E-state index is 12.0. The van der Waals surface area contributed by atoms with Crippen LogP contribution in [-0.4, -0.2) is 31.2 Å². The molecule has 1 amide bonds. The SMILES string of the molecule is CC(C)(C)OC(=O)NCC(C=O)CF. The molecule has 0 aromatic heterocycles. The number of alkyl carbamates (subject to hydrolysis) is 1. The van der Waals surface area contributed by atoms with Crippen LogP contribution in [0.15, 0.2) is 0 Å². The molecule has 0 aliphatic heterocycles. The Hall–Kier alpha value is -1.13. The topological polar surface area (TPSA) is 55.4 Å². The normalized spacial score (nSPS) is 13.1. The van der Waals surface area contributed by atoms with Crippen LogP contribution in [-0.2, 0) is 9.53 Å². The number of hydrogen-bond acceptors (Lipinski definition) is 3. The van der Waals surface area contributed by atoms with E-state index in [0.717, 1.165) is 0 Å². The molecule has 0 heterocycles. The lowest BCUT2D eigenvalue weighted by Crippen LogP contribution is -2.36. The molecule has 4 nitrogen and oxygen atoms in total. The number of amides is 1.